The van der Waals surface area contributed by atoms with Crippen molar-refractivity contribution in [3.05, 3.63) is 64.2 Å². The maximum absolute atomic E-state index is 12.9. The fraction of sp³-hybridized carbons (Fsp3) is 0.348. The Kier molecular flexibility index (Phi) is 5.27. The molecule has 0 unspecified atom stereocenters. The predicted molar refractivity (Wildman–Crippen MR) is 113 cm³/mol. The molecule has 1 fully saturated rings. The third kappa shape index (κ3) is 3.72. The number of para-hydroxylation sites is 1. The van der Waals surface area contributed by atoms with Crippen LogP contribution in [0.5, 0.6) is 0 Å². The molecule has 0 spiro atoms. The summed E-state index contributed by atoms with van der Waals surface area (Å²) in [4.78, 5) is 32.0. The molecule has 0 aliphatic carbocycles. The molecule has 1 atom stereocenters. The van der Waals surface area contributed by atoms with Crippen LogP contribution in [0.15, 0.2) is 42.5 Å². The number of likely N-dealkylation sites (tertiary alicyclic amines) is 1. The van der Waals surface area contributed by atoms with E-state index in [0.29, 0.717) is 5.56 Å². The summed E-state index contributed by atoms with van der Waals surface area (Å²) in [7, 11) is 0. The summed E-state index contributed by atoms with van der Waals surface area (Å²) < 4.78 is 1.15. The average molecular weight is 393 g/mol. The molecular weight excluding hydrogens is 368 g/mol. The molecule has 3 aromatic rings. The molecule has 1 saturated heterocycles. The lowest BCUT2D eigenvalue weighted by Crippen LogP contribution is -2.30. The molecule has 144 valence electrons. The number of fused-ring (bicyclic) bond motifs is 1. The topological polar surface area (TPSA) is 50.3 Å². The van der Waals surface area contributed by atoms with Gasteiger partial charge in [0.1, 0.15) is 5.01 Å². The van der Waals surface area contributed by atoms with Crippen molar-refractivity contribution in [1.82, 2.24) is 9.88 Å². The van der Waals surface area contributed by atoms with E-state index in [-0.39, 0.29) is 30.6 Å². The summed E-state index contributed by atoms with van der Waals surface area (Å²) >= 11 is 1.67. The maximum Gasteiger partial charge on any atom is 0.223 e. The second kappa shape index (κ2) is 7.84. The number of rotatable bonds is 5. The Balaban J connectivity index is 1.43. The van der Waals surface area contributed by atoms with Gasteiger partial charge in [0, 0.05) is 24.9 Å². The Labute approximate surface area is 169 Å². The zero-order chi connectivity index (χ0) is 19.7. The molecule has 2 heterocycles. The van der Waals surface area contributed by atoms with Gasteiger partial charge < -0.3 is 4.90 Å². The van der Waals surface area contributed by atoms with Gasteiger partial charge in [0.2, 0.25) is 5.91 Å². The molecule has 0 bridgehead atoms. The van der Waals surface area contributed by atoms with E-state index in [0.717, 1.165) is 40.2 Å². The van der Waals surface area contributed by atoms with Crippen LogP contribution in [0.2, 0.25) is 0 Å². The second-order valence-corrected chi connectivity index (χ2v) is 8.55. The van der Waals surface area contributed by atoms with Gasteiger partial charge in [0.25, 0.3) is 0 Å². The van der Waals surface area contributed by atoms with E-state index in [4.69, 9.17) is 4.98 Å². The van der Waals surface area contributed by atoms with E-state index in [2.05, 4.69) is 6.07 Å². The first-order chi connectivity index (χ1) is 13.5. The number of carbonyl (C=O) groups excluding carboxylic acids is 2. The van der Waals surface area contributed by atoms with Crippen molar-refractivity contribution in [1.29, 1.82) is 0 Å². The molecule has 28 heavy (non-hydrogen) atoms. The average Bonchev–Trinajstić information content (AvgIpc) is 3.34. The Morgan fingerprint density at radius 2 is 1.93 bits per heavy atom. The van der Waals surface area contributed by atoms with Gasteiger partial charge in [0.15, 0.2) is 5.78 Å². The molecule has 0 radical (unpaired) electrons. The third-order valence-corrected chi connectivity index (χ3v) is 6.70. The number of thiazole rings is 1. The highest BCUT2D eigenvalue weighted by molar-refractivity contribution is 7.18. The minimum absolute atomic E-state index is 0.0344. The van der Waals surface area contributed by atoms with E-state index in [1.807, 2.05) is 55.1 Å². The van der Waals surface area contributed by atoms with E-state index in [9.17, 15) is 9.59 Å². The van der Waals surface area contributed by atoms with Crippen LogP contribution < -0.4 is 0 Å². The lowest BCUT2D eigenvalue weighted by Gasteiger charge is -2.23. The molecule has 1 aliphatic rings. The van der Waals surface area contributed by atoms with E-state index in [1.165, 1.54) is 5.56 Å². The summed E-state index contributed by atoms with van der Waals surface area (Å²) in [5.41, 5.74) is 3.96. The van der Waals surface area contributed by atoms with Crippen molar-refractivity contribution in [3.8, 4) is 0 Å². The van der Waals surface area contributed by atoms with Crippen molar-refractivity contribution in [2.24, 2.45) is 0 Å². The van der Waals surface area contributed by atoms with Crippen LogP contribution in [0.25, 0.3) is 10.2 Å². The zero-order valence-corrected chi connectivity index (χ0v) is 17.1. The normalized spacial score (nSPS) is 16.6. The summed E-state index contributed by atoms with van der Waals surface area (Å²) in [5, 5.41) is 1.01. The van der Waals surface area contributed by atoms with Crippen molar-refractivity contribution >= 4 is 33.2 Å². The lowest BCUT2D eigenvalue weighted by molar-refractivity contribution is -0.132. The van der Waals surface area contributed by atoms with Crippen molar-refractivity contribution in [3.63, 3.8) is 0 Å². The number of ketones is 1. The van der Waals surface area contributed by atoms with Crippen LogP contribution in [0.4, 0.5) is 0 Å². The van der Waals surface area contributed by atoms with Crippen molar-refractivity contribution in [2.75, 3.05) is 6.54 Å². The third-order valence-electron chi connectivity index (χ3n) is 5.56. The highest BCUT2D eigenvalue weighted by atomic mass is 32.1. The lowest BCUT2D eigenvalue weighted by atomic mass is 10.0. The van der Waals surface area contributed by atoms with Gasteiger partial charge in [-0.1, -0.05) is 24.3 Å². The quantitative estimate of drug-likeness (QED) is 0.558. The molecule has 2 aromatic carbocycles. The van der Waals surface area contributed by atoms with Crippen LogP contribution in [-0.2, 0) is 4.79 Å². The van der Waals surface area contributed by atoms with E-state index in [1.54, 1.807) is 11.3 Å². The number of benzene rings is 2. The SMILES string of the molecule is Cc1ccc(C(=O)CCC(=O)N2CCC[C@H]2c2nc3ccccc3s2)cc1C. The van der Waals surface area contributed by atoms with Crippen LogP contribution >= 0.6 is 11.3 Å². The number of hydrogen-bond acceptors (Lipinski definition) is 4. The number of amides is 1. The smallest absolute Gasteiger partial charge is 0.223 e. The van der Waals surface area contributed by atoms with Gasteiger partial charge in [0.05, 0.1) is 16.3 Å². The fourth-order valence-electron chi connectivity index (χ4n) is 3.78. The van der Waals surface area contributed by atoms with Gasteiger partial charge in [-0.2, -0.15) is 0 Å². The van der Waals surface area contributed by atoms with Gasteiger partial charge in [-0.3, -0.25) is 9.59 Å². The molecule has 4 nitrogen and oxygen atoms in total. The first kappa shape index (κ1) is 18.8. The van der Waals surface area contributed by atoms with Crippen LogP contribution in [0.3, 0.4) is 0 Å². The molecule has 1 amide bonds. The Hall–Kier alpha value is -2.53. The molecule has 5 heteroatoms. The molecule has 1 aromatic heterocycles. The Morgan fingerprint density at radius 1 is 1.11 bits per heavy atom. The highest BCUT2D eigenvalue weighted by Gasteiger charge is 2.32. The minimum Gasteiger partial charge on any atom is -0.333 e. The van der Waals surface area contributed by atoms with Gasteiger partial charge in [-0.05, 0) is 56.0 Å². The summed E-state index contributed by atoms with van der Waals surface area (Å²) in [6.45, 7) is 4.78. The number of aromatic nitrogens is 1. The summed E-state index contributed by atoms with van der Waals surface area (Å²) in [6, 6.07) is 13.9. The number of hydrogen-bond donors (Lipinski definition) is 0. The first-order valence-electron chi connectivity index (χ1n) is 9.78. The molecule has 1 aliphatic heterocycles. The van der Waals surface area contributed by atoms with Gasteiger partial charge in [-0.15, -0.1) is 11.3 Å². The van der Waals surface area contributed by atoms with E-state index < -0.39 is 0 Å². The Morgan fingerprint density at radius 3 is 2.71 bits per heavy atom. The number of aryl methyl sites for hydroxylation is 2. The van der Waals surface area contributed by atoms with Gasteiger partial charge in [-0.25, -0.2) is 4.98 Å². The van der Waals surface area contributed by atoms with Crippen LogP contribution in [-0.4, -0.2) is 28.1 Å². The van der Waals surface area contributed by atoms with Crippen LogP contribution in [0.1, 0.15) is 58.2 Å². The summed E-state index contributed by atoms with van der Waals surface area (Å²) in [5.74, 6) is 0.0890. The highest BCUT2D eigenvalue weighted by Crippen LogP contribution is 2.36. The first-order valence-corrected chi connectivity index (χ1v) is 10.6. The summed E-state index contributed by atoms with van der Waals surface area (Å²) in [6.07, 6.45) is 2.44. The number of nitrogens with zero attached hydrogens (tertiary/aromatic N) is 2. The molecule has 0 saturated carbocycles. The Bertz CT molecular complexity index is 1010. The second-order valence-electron chi connectivity index (χ2n) is 7.49. The fourth-order valence-corrected chi connectivity index (χ4v) is 4.89. The largest absolute Gasteiger partial charge is 0.333 e. The number of carbonyl (C=O) groups is 2. The van der Waals surface area contributed by atoms with Gasteiger partial charge >= 0.3 is 0 Å². The van der Waals surface area contributed by atoms with Crippen molar-refractivity contribution in [2.45, 2.75) is 45.6 Å². The monoisotopic (exact) mass is 392 g/mol. The maximum atomic E-state index is 12.9. The molecular formula is C23H24N2O2S. The standard InChI is InChI=1S/C23H24N2O2S/c1-15-9-10-17(14-16(15)2)20(26)11-12-22(27)25-13-5-7-19(25)23-24-18-6-3-4-8-21(18)28-23/h3-4,6,8-10,14,19H,5,7,11-13H2,1-2H3/t19-/m0/s1. The van der Waals surface area contributed by atoms with Crippen LogP contribution in [0, 0.1) is 13.8 Å². The van der Waals surface area contributed by atoms with Crippen molar-refractivity contribution < 1.29 is 9.59 Å². The zero-order valence-electron chi connectivity index (χ0n) is 16.3. The number of Topliss-reactive ketones (excluding diaryl/α,β-unsaturated/α-hetero) is 1. The van der Waals surface area contributed by atoms with E-state index >= 15 is 0 Å². The molecule has 4 rings (SSSR count). The molecule has 0 N–H and O–H groups in total. The minimum atomic E-state index is 0.0344. The predicted octanol–water partition coefficient (Wildman–Crippen LogP) is 5.24.